The second-order valence-electron chi connectivity index (χ2n) is 6.30. The number of anilines is 1. The van der Waals surface area contributed by atoms with Crippen LogP contribution in [0.15, 0.2) is 66.7 Å². The van der Waals surface area contributed by atoms with Gasteiger partial charge in [0.1, 0.15) is 5.75 Å². The maximum absolute atomic E-state index is 12.3. The number of ether oxygens (including phenoxy) is 1. The van der Waals surface area contributed by atoms with Crippen molar-refractivity contribution in [1.29, 1.82) is 0 Å². The molecule has 0 unspecified atom stereocenters. The molecule has 5 heteroatoms. The Balaban J connectivity index is 1.72. The summed E-state index contributed by atoms with van der Waals surface area (Å²) >= 11 is 0. The number of amides is 2. The molecule has 5 nitrogen and oxygen atoms in total. The quantitative estimate of drug-likeness (QED) is 0.645. The average Bonchev–Trinajstić information content (AvgIpc) is 2.73. The van der Waals surface area contributed by atoms with Crippen molar-refractivity contribution in [2.45, 2.75) is 6.42 Å². The molecule has 0 bridgehead atoms. The highest BCUT2D eigenvalue weighted by molar-refractivity contribution is 6.03. The highest BCUT2D eigenvalue weighted by Gasteiger charge is 2.08. The maximum Gasteiger partial charge on any atom is 0.248 e. The van der Waals surface area contributed by atoms with Crippen LogP contribution in [-0.2, 0) is 16.0 Å². The molecule has 0 spiro atoms. The number of hydrogen-bond acceptors (Lipinski definition) is 3. The number of fused-ring (bicyclic) bond motifs is 1. The number of nitrogens with one attached hydrogen (secondary N) is 2. The number of para-hydroxylation sites is 1. The van der Waals surface area contributed by atoms with Gasteiger partial charge in [-0.25, -0.2) is 0 Å². The first-order valence-corrected chi connectivity index (χ1v) is 8.94. The fourth-order valence-corrected chi connectivity index (χ4v) is 2.88. The Labute approximate surface area is 164 Å². The van der Waals surface area contributed by atoms with Crippen LogP contribution in [0.2, 0.25) is 0 Å². The van der Waals surface area contributed by atoms with Crippen LogP contribution in [0.1, 0.15) is 11.1 Å². The third-order valence-electron chi connectivity index (χ3n) is 4.40. The van der Waals surface area contributed by atoms with Crippen LogP contribution >= 0.6 is 0 Å². The molecule has 2 N–H and O–H groups in total. The van der Waals surface area contributed by atoms with E-state index in [9.17, 15) is 9.59 Å². The van der Waals surface area contributed by atoms with Gasteiger partial charge in [-0.05, 0) is 52.2 Å². The lowest BCUT2D eigenvalue weighted by Crippen LogP contribution is -2.21. The molecule has 3 rings (SSSR count). The first kappa shape index (κ1) is 19.2. The van der Waals surface area contributed by atoms with Gasteiger partial charge in [-0.1, -0.05) is 36.4 Å². The topological polar surface area (TPSA) is 67.4 Å². The molecule has 0 heterocycles. The summed E-state index contributed by atoms with van der Waals surface area (Å²) in [5.74, 6) is 0.454. The predicted octanol–water partition coefficient (Wildman–Crippen LogP) is 3.79. The Morgan fingerprint density at radius 1 is 1.00 bits per heavy atom. The molecule has 3 aromatic carbocycles. The molecular formula is C23H22N2O3. The van der Waals surface area contributed by atoms with Gasteiger partial charge >= 0.3 is 0 Å². The maximum atomic E-state index is 12.3. The largest absolute Gasteiger partial charge is 0.497 e. The summed E-state index contributed by atoms with van der Waals surface area (Å²) in [6, 6.07) is 19.1. The minimum Gasteiger partial charge on any atom is -0.497 e. The van der Waals surface area contributed by atoms with Crippen LogP contribution in [0.25, 0.3) is 16.8 Å². The molecule has 28 heavy (non-hydrogen) atoms. The van der Waals surface area contributed by atoms with Crippen molar-refractivity contribution in [3.05, 3.63) is 77.9 Å². The van der Waals surface area contributed by atoms with E-state index in [1.54, 1.807) is 26.3 Å². The summed E-state index contributed by atoms with van der Waals surface area (Å²) < 4.78 is 5.24. The summed E-state index contributed by atoms with van der Waals surface area (Å²) in [6.07, 6.45) is 3.46. The molecule has 0 atom stereocenters. The van der Waals surface area contributed by atoms with E-state index >= 15 is 0 Å². The second-order valence-corrected chi connectivity index (χ2v) is 6.30. The van der Waals surface area contributed by atoms with Crippen molar-refractivity contribution in [3.63, 3.8) is 0 Å². The van der Waals surface area contributed by atoms with Crippen LogP contribution < -0.4 is 15.4 Å². The molecule has 0 saturated carbocycles. The Bertz CT molecular complexity index is 1040. The van der Waals surface area contributed by atoms with Crippen LogP contribution in [0, 0.1) is 0 Å². The Morgan fingerprint density at radius 2 is 1.75 bits per heavy atom. The average molecular weight is 374 g/mol. The first-order valence-electron chi connectivity index (χ1n) is 8.94. The van der Waals surface area contributed by atoms with Gasteiger partial charge in [0, 0.05) is 18.8 Å². The molecule has 0 aliphatic carbocycles. The smallest absolute Gasteiger partial charge is 0.248 e. The zero-order valence-corrected chi connectivity index (χ0v) is 15.9. The molecule has 142 valence electrons. The molecule has 0 radical (unpaired) electrons. The van der Waals surface area contributed by atoms with Gasteiger partial charge in [0.25, 0.3) is 0 Å². The summed E-state index contributed by atoms with van der Waals surface area (Å²) in [4.78, 5) is 24.0. The van der Waals surface area contributed by atoms with E-state index in [2.05, 4.69) is 10.6 Å². The number of rotatable bonds is 6. The summed E-state index contributed by atoms with van der Waals surface area (Å²) in [5, 5.41) is 7.57. The van der Waals surface area contributed by atoms with E-state index in [-0.39, 0.29) is 18.2 Å². The fourth-order valence-electron chi connectivity index (χ4n) is 2.88. The van der Waals surface area contributed by atoms with Crippen molar-refractivity contribution >= 4 is 34.4 Å². The van der Waals surface area contributed by atoms with Gasteiger partial charge in [0.15, 0.2) is 0 Å². The van der Waals surface area contributed by atoms with Crippen molar-refractivity contribution < 1.29 is 14.3 Å². The minimum absolute atomic E-state index is 0.106. The van der Waals surface area contributed by atoms with Gasteiger partial charge in [0.05, 0.1) is 13.5 Å². The van der Waals surface area contributed by atoms with Crippen LogP contribution in [0.5, 0.6) is 5.75 Å². The standard InChI is InChI=1S/C23H22N2O3/c1-24-23(27)15-19-5-3-4-6-21(19)25-22(26)12-8-16-7-9-18-14-20(28-2)11-10-17(18)13-16/h3-14H,15H2,1-2H3,(H,24,27)(H,25,26)/b12-8+. The minimum atomic E-state index is -0.251. The molecule has 0 aliphatic rings. The zero-order valence-electron chi connectivity index (χ0n) is 15.9. The van der Waals surface area contributed by atoms with Crippen molar-refractivity contribution in [2.75, 3.05) is 19.5 Å². The van der Waals surface area contributed by atoms with E-state index in [0.29, 0.717) is 5.69 Å². The highest BCUT2D eigenvalue weighted by Crippen LogP contribution is 2.22. The molecule has 0 saturated heterocycles. The fraction of sp³-hybridized carbons (Fsp3) is 0.130. The van der Waals surface area contributed by atoms with Crippen molar-refractivity contribution in [3.8, 4) is 5.75 Å². The van der Waals surface area contributed by atoms with Crippen LogP contribution in [0.4, 0.5) is 5.69 Å². The van der Waals surface area contributed by atoms with Gasteiger partial charge in [0.2, 0.25) is 11.8 Å². The number of methoxy groups -OCH3 is 1. The number of carbonyl (C=O) groups is 2. The molecular weight excluding hydrogens is 352 g/mol. The highest BCUT2D eigenvalue weighted by atomic mass is 16.5. The molecule has 2 amide bonds. The van der Waals surface area contributed by atoms with Crippen molar-refractivity contribution in [2.24, 2.45) is 0 Å². The Morgan fingerprint density at radius 3 is 2.54 bits per heavy atom. The van der Waals surface area contributed by atoms with Gasteiger partial charge in [-0.15, -0.1) is 0 Å². The third-order valence-corrected chi connectivity index (χ3v) is 4.40. The van der Waals surface area contributed by atoms with Gasteiger partial charge in [-0.2, -0.15) is 0 Å². The van der Waals surface area contributed by atoms with E-state index in [4.69, 9.17) is 4.74 Å². The van der Waals surface area contributed by atoms with Crippen LogP contribution in [0.3, 0.4) is 0 Å². The number of benzene rings is 3. The van der Waals surface area contributed by atoms with E-state index in [1.165, 1.54) is 6.08 Å². The van der Waals surface area contributed by atoms with Crippen LogP contribution in [-0.4, -0.2) is 26.0 Å². The van der Waals surface area contributed by atoms with Crippen molar-refractivity contribution in [1.82, 2.24) is 5.32 Å². The summed E-state index contributed by atoms with van der Waals surface area (Å²) in [7, 11) is 3.23. The second kappa shape index (κ2) is 8.86. The number of hydrogen-bond donors (Lipinski definition) is 2. The molecule has 0 aromatic heterocycles. The summed E-state index contributed by atoms with van der Waals surface area (Å²) in [5.41, 5.74) is 2.32. The Kier molecular flexibility index (Phi) is 6.07. The SMILES string of the molecule is CNC(=O)Cc1ccccc1NC(=O)/C=C/c1ccc2cc(OC)ccc2c1. The summed E-state index contributed by atoms with van der Waals surface area (Å²) in [6.45, 7) is 0. The number of likely N-dealkylation sites (N-methyl/N-ethyl adjacent to an activating group) is 1. The lowest BCUT2D eigenvalue weighted by molar-refractivity contribution is -0.120. The Hall–Kier alpha value is -3.60. The molecule has 0 aliphatic heterocycles. The van der Waals surface area contributed by atoms with E-state index < -0.39 is 0 Å². The zero-order chi connectivity index (χ0) is 19.9. The monoisotopic (exact) mass is 374 g/mol. The normalized spacial score (nSPS) is 10.8. The number of carbonyl (C=O) groups excluding carboxylic acids is 2. The van der Waals surface area contributed by atoms with Gasteiger partial charge < -0.3 is 15.4 Å². The third kappa shape index (κ3) is 4.76. The lowest BCUT2D eigenvalue weighted by atomic mass is 10.1. The van der Waals surface area contributed by atoms with Gasteiger partial charge in [-0.3, -0.25) is 9.59 Å². The molecule has 3 aromatic rings. The lowest BCUT2D eigenvalue weighted by Gasteiger charge is -2.09. The predicted molar refractivity (Wildman–Crippen MR) is 112 cm³/mol. The molecule has 0 fully saturated rings. The first-order chi connectivity index (χ1) is 13.6. The van der Waals surface area contributed by atoms with E-state index in [0.717, 1.165) is 27.6 Å². The van der Waals surface area contributed by atoms with E-state index in [1.807, 2.05) is 54.6 Å².